The molecule has 1 aliphatic heterocycles. The molecule has 0 aromatic carbocycles. The van der Waals surface area contributed by atoms with Gasteiger partial charge in [-0.15, -0.1) is 13.2 Å². The maximum atomic E-state index is 11.9. The molecule has 1 heterocycles. The smallest absolute Gasteiger partial charge is 0.480 e. The Bertz CT molecular complexity index is 282. The van der Waals surface area contributed by atoms with Gasteiger partial charge in [-0.2, -0.15) is 0 Å². The van der Waals surface area contributed by atoms with E-state index < -0.39 is 30.4 Å². The lowest BCUT2D eigenvalue weighted by molar-refractivity contribution is -0.340. The van der Waals surface area contributed by atoms with Crippen molar-refractivity contribution in [1.82, 2.24) is 4.90 Å². The summed E-state index contributed by atoms with van der Waals surface area (Å²) in [5, 5.41) is 8.72. The first-order chi connectivity index (χ1) is 7.20. The fourth-order valence-corrected chi connectivity index (χ4v) is 1.65. The minimum absolute atomic E-state index is 0.353. The van der Waals surface area contributed by atoms with E-state index in [-0.39, 0.29) is 13.0 Å². The molecule has 1 saturated heterocycles. The molecule has 0 spiro atoms. The zero-order valence-corrected chi connectivity index (χ0v) is 8.32. The summed E-state index contributed by atoms with van der Waals surface area (Å²) in [5.41, 5.74) is 0. The van der Waals surface area contributed by atoms with Crippen molar-refractivity contribution in [3.05, 3.63) is 0 Å². The normalized spacial score (nSPS) is 25.9. The predicted octanol–water partition coefficient (Wildman–Crippen LogP) is 0.597. The first-order valence-electron chi connectivity index (χ1n) is 4.45. The van der Waals surface area contributed by atoms with Crippen molar-refractivity contribution in [3.8, 4) is 0 Å². The van der Waals surface area contributed by atoms with Crippen molar-refractivity contribution in [2.75, 3.05) is 6.54 Å². The van der Waals surface area contributed by atoms with Gasteiger partial charge in [0.15, 0.2) is 0 Å². The predicted molar refractivity (Wildman–Crippen MR) is 44.4 cm³/mol. The van der Waals surface area contributed by atoms with E-state index in [4.69, 9.17) is 5.11 Å². The number of likely N-dealkylation sites (tertiary alicyclic amines) is 1. The number of carbonyl (C=O) groups is 2. The van der Waals surface area contributed by atoms with E-state index in [9.17, 15) is 22.8 Å². The van der Waals surface area contributed by atoms with Crippen LogP contribution < -0.4 is 0 Å². The number of hydrogen-bond acceptors (Lipinski definition) is 3. The van der Waals surface area contributed by atoms with Gasteiger partial charge in [0.05, 0.1) is 6.10 Å². The molecule has 1 N–H and O–H groups in total. The number of rotatable bonds is 2. The van der Waals surface area contributed by atoms with Gasteiger partial charge in [0, 0.05) is 19.9 Å². The SMILES string of the molecule is CC(=O)N1C[C@@H](OC(F)(F)F)C[C@@H]1C(=O)O. The number of carboxylic acids is 1. The number of nitrogens with zero attached hydrogens (tertiary/aromatic N) is 1. The molecule has 2 atom stereocenters. The number of aliphatic carboxylic acids is 1. The molecule has 0 unspecified atom stereocenters. The van der Waals surface area contributed by atoms with E-state index in [1.54, 1.807) is 0 Å². The number of alkyl halides is 3. The summed E-state index contributed by atoms with van der Waals surface area (Å²) in [6, 6.07) is -1.25. The van der Waals surface area contributed by atoms with Gasteiger partial charge >= 0.3 is 12.3 Å². The van der Waals surface area contributed by atoms with Crippen LogP contribution in [0.15, 0.2) is 0 Å². The number of carbonyl (C=O) groups excluding carboxylic acids is 1. The number of ether oxygens (including phenoxy) is 1. The van der Waals surface area contributed by atoms with Crippen molar-refractivity contribution < 1.29 is 32.6 Å². The summed E-state index contributed by atoms with van der Waals surface area (Å²) in [4.78, 5) is 22.6. The Balaban J connectivity index is 2.69. The van der Waals surface area contributed by atoms with Crippen LogP contribution in [0.4, 0.5) is 13.2 Å². The van der Waals surface area contributed by atoms with Crippen LogP contribution in [0.25, 0.3) is 0 Å². The standard InChI is InChI=1S/C8H10F3NO4/c1-4(13)12-3-5(16-8(9,10)11)2-6(12)7(14)15/h5-6H,2-3H2,1H3,(H,14,15)/t5-,6+/m0/s1. The third-order valence-corrected chi connectivity index (χ3v) is 2.25. The quantitative estimate of drug-likeness (QED) is 0.768. The molecule has 0 aromatic heterocycles. The molecule has 0 radical (unpaired) electrons. The number of hydrogen-bond donors (Lipinski definition) is 1. The summed E-state index contributed by atoms with van der Waals surface area (Å²) in [5.74, 6) is -1.91. The molecule has 0 saturated carbocycles. The second-order valence-corrected chi connectivity index (χ2v) is 3.45. The highest BCUT2D eigenvalue weighted by Gasteiger charge is 2.43. The highest BCUT2D eigenvalue weighted by molar-refractivity contribution is 5.83. The second-order valence-electron chi connectivity index (χ2n) is 3.45. The molecule has 0 aliphatic carbocycles. The van der Waals surface area contributed by atoms with E-state index in [0.717, 1.165) is 11.8 Å². The zero-order valence-electron chi connectivity index (χ0n) is 8.32. The van der Waals surface area contributed by atoms with Gasteiger partial charge in [-0.3, -0.25) is 9.53 Å². The van der Waals surface area contributed by atoms with Crippen LogP contribution in [0.5, 0.6) is 0 Å². The molecule has 0 aromatic rings. The van der Waals surface area contributed by atoms with Crippen molar-refractivity contribution in [1.29, 1.82) is 0 Å². The molecule has 1 rings (SSSR count). The van der Waals surface area contributed by atoms with Crippen LogP contribution in [0.3, 0.4) is 0 Å². The summed E-state index contributed by atoms with van der Waals surface area (Å²) in [6.07, 6.45) is -6.49. The van der Waals surface area contributed by atoms with Gasteiger partial charge in [0.25, 0.3) is 0 Å². The van der Waals surface area contributed by atoms with Crippen molar-refractivity contribution >= 4 is 11.9 Å². The first-order valence-corrected chi connectivity index (χ1v) is 4.45. The molecule has 1 amide bonds. The number of carboxylic acid groups (broad SMARTS) is 1. The fourth-order valence-electron chi connectivity index (χ4n) is 1.65. The van der Waals surface area contributed by atoms with E-state index in [1.807, 2.05) is 0 Å². The molecule has 5 nitrogen and oxygen atoms in total. The van der Waals surface area contributed by atoms with Gasteiger partial charge in [0.1, 0.15) is 6.04 Å². The molecule has 16 heavy (non-hydrogen) atoms. The highest BCUT2D eigenvalue weighted by Crippen LogP contribution is 2.27. The monoisotopic (exact) mass is 241 g/mol. The molecule has 1 aliphatic rings. The average molecular weight is 241 g/mol. The summed E-state index contributed by atoms with van der Waals surface area (Å²) < 4.78 is 39.4. The summed E-state index contributed by atoms with van der Waals surface area (Å²) >= 11 is 0. The number of amides is 1. The Hall–Kier alpha value is -1.31. The molecular weight excluding hydrogens is 231 g/mol. The van der Waals surface area contributed by atoms with Gasteiger partial charge in [-0.1, -0.05) is 0 Å². The summed E-state index contributed by atoms with van der Waals surface area (Å²) in [6.45, 7) is 0.748. The lowest BCUT2D eigenvalue weighted by atomic mass is 10.2. The molecule has 0 bridgehead atoms. The summed E-state index contributed by atoms with van der Waals surface area (Å²) in [7, 11) is 0. The van der Waals surface area contributed by atoms with Crippen LogP contribution in [-0.2, 0) is 14.3 Å². The van der Waals surface area contributed by atoms with Crippen LogP contribution in [-0.4, -0.2) is 46.9 Å². The molecule has 8 heteroatoms. The molecule has 92 valence electrons. The maximum absolute atomic E-state index is 11.9. The van der Waals surface area contributed by atoms with Crippen LogP contribution in [0.2, 0.25) is 0 Å². The second kappa shape index (κ2) is 4.28. The third kappa shape index (κ3) is 3.09. The van der Waals surface area contributed by atoms with Crippen molar-refractivity contribution in [2.45, 2.75) is 31.9 Å². The van der Waals surface area contributed by atoms with Crippen LogP contribution in [0.1, 0.15) is 13.3 Å². The lowest BCUT2D eigenvalue weighted by Crippen LogP contribution is -2.39. The average Bonchev–Trinajstić information content (AvgIpc) is 2.44. The topological polar surface area (TPSA) is 66.8 Å². The van der Waals surface area contributed by atoms with Crippen LogP contribution >= 0.6 is 0 Å². The van der Waals surface area contributed by atoms with E-state index >= 15 is 0 Å². The Morgan fingerprint density at radius 1 is 1.44 bits per heavy atom. The van der Waals surface area contributed by atoms with Gasteiger partial charge in [0.2, 0.25) is 5.91 Å². The van der Waals surface area contributed by atoms with Crippen molar-refractivity contribution in [3.63, 3.8) is 0 Å². The minimum atomic E-state index is -4.82. The van der Waals surface area contributed by atoms with E-state index in [0.29, 0.717) is 0 Å². The lowest BCUT2D eigenvalue weighted by Gasteiger charge is -2.18. The zero-order chi connectivity index (χ0) is 12.5. The fraction of sp³-hybridized carbons (Fsp3) is 0.750. The minimum Gasteiger partial charge on any atom is -0.480 e. The van der Waals surface area contributed by atoms with Gasteiger partial charge in [-0.25, -0.2) is 4.79 Å². The van der Waals surface area contributed by atoms with Crippen molar-refractivity contribution in [2.24, 2.45) is 0 Å². The first kappa shape index (κ1) is 12.8. The Morgan fingerprint density at radius 3 is 2.31 bits per heavy atom. The molecule has 1 fully saturated rings. The third-order valence-electron chi connectivity index (χ3n) is 2.25. The van der Waals surface area contributed by atoms with E-state index in [2.05, 4.69) is 4.74 Å². The van der Waals surface area contributed by atoms with Gasteiger partial charge < -0.3 is 10.0 Å². The highest BCUT2D eigenvalue weighted by atomic mass is 19.4. The van der Waals surface area contributed by atoms with E-state index in [1.165, 1.54) is 0 Å². The Labute approximate surface area is 88.8 Å². The largest absolute Gasteiger partial charge is 0.522 e. The molecular formula is C8H10F3NO4. The Morgan fingerprint density at radius 2 is 2.00 bits per heavy atom. The maximum Gasteiger partial charge on any atom is 0.522 e. The number of halogens is 3. The van der Waals surface area contributed by atoms with Crippen LogP contribution in [0, 0.1) is 0 Å². The Kier molecular flexibility index (Phi) is 3.41. The van der Waals surface area contributed by atoms with Gasteiger partial charge in [-0.05, 0) is 0 Å².